The number of benzene rings is 1. The molecule has 0 aliphatic rings. The van der Waals surface area contributed by atoms with Crippen LogP contribution >= 0.6 is 15.9 Å². The number of rotatable bonds is 3. The lowest BCUT2D eigenvalue weighted by atomic mass is 10.1. The number of hydrogen-bond donors (Lipinski definition) is 1. The zero-order valence-electron chi connectivity index (χ0n) is 10.7. The summed E-state index contributed by atoms with van der Waals surface area (Å²) in [4.78, 5) is 12.0. The Kier molecular flexibility index (Phi) is 4.27. The Morgan fingerprint density at radius 2 is 1.89 bits per heavy atom. The molecule has 0 saturated heterocycles. The summed E-state index contributed by atoms with van der Waals surface area (Å²) in [6.45, 7) is 4.07. The number of halogens is 1. The summed E-state index contributed by atoms with van der Waals surface area (Å²) in [6.07, 6.45) is 0. The molecule has 0 radical (unpaired) electrons. The molecule has 0 atom stereocenters. The molecule has 1 aromatic heterocycles. The Bertz CT molecular complexity index is 581. The van der Waals surface area contributed by atoms with Crippen molar-refractivity contribution in [3.63, 3.8) is 0 Å². The Balaban J connectivity index is 2.14. The molecule has 19 heavy (non-hydrogen) atoms. The Morgan fingerprint density at radius 1 is 1.16 bits per heavy atom. The Labute approximate surface area is 120 Å². The standard InChI is InChI=1S/C14H14BrN3O/c1-9(2)11-7-8-13(18-17-11)14(19)16-12-6-4-3-5-10(12)15/h3-9H,1-2H3,(H,16,19). The average molecular weight is 320 g/mol. The summed E-state index contributed by atoms with van der Waals surface area (Å²) in [5, 5.41) is 10.8. The molecule has 1 heterocycles. The van der Waals surface area contributed by atoms with Gasteiger partial charge in [0, 0.05) is 4.47 Å². The van der Waals surface area contributed by atoms with Crippen LogP contribution in [0.15, 0.2) is 40.9 Å². The van der Waals surface area contributed by atoms with E-state index in [2.05, 4.69) is 31.4 Å². The normalized spacial score (nSPS) is 10.5. The number of carbonyl (C=O) groups is 1. The lowest BCUT2D eigenvalue weighted by Crippen LogP contribution is -2.15. The molecule has 0 unspecified atom stereocenters. The third kappa shape index (κ3) is 3.38. The molecule has 0 saturated carbocycles. The van der Waals surface area contributed by atoms with Gasteiger partial charge < -0.3 is 5.32 Å². The fraction of sp³-hybridized carbons (Fsp3) is 0.214. The zero-order chi connectivity index (χ0) is 13.8. The van der Waals surface area contributed by atoms with E-state index in [4.69, 9.17) is 0 Å². The van der Waals surface area contributed by atoms with E-state index in [1.165, 1.54) is 0 Å². The van der Waals surface area contributed by atoms with Crippen LogP contribution in [0.1, 0.15) is 35.9 Å². The molecule has 2 rings (SSSR count). The third-order valence-corrected chi connectivity index (χ3v) is 3.32. The zero-order valence-corrected chi connectivity index (χ0v) is 12.3. The molecule has 1 amide bonds. The van der Waals surface area contributed by atoms with Gasteiger partial charge >= 0.3 is 0 Å². The molecule has 0 aliphatic heterocycles. The number of amides is 1. The van der Waals surface area contributed by atoms with Gasteiger partial charge in [-0.05, 0) is 46.1 Å². The van der Waals surface area contributed by atoms with Crippen molar-refractivity contribution < 1.29 is 4.79 Å². The molecule has 0 fully saturated rings. The maximum Gasteiger partial charge on any atom is 0.276 e. The number of aromatic nitrogens is 2. The van der Waals surface area contributed by atoms with Gasteiger partial charge in [-0.1, -0.05) is 26.0 Å². The smallest absolute Gasteiger partial charge is 0.276 e. The van der Waals surface area contributed by atoms with Crippen LogP contribution in [0.2, 0.25) is 0 Å². The predicted molar refractivity (Wildman–Crippen MR) is 78.2 cm³/mol. The molecule has 98 valence electrons. The van der Waals surface area contributed by atoms with Crippen LogP contribution in [0.3, 0.4) is 0 Å². The molecule has 0 bridgehead atoms. The van der Waals surface area contributed by atoms with E-state index in [1.54, 1.807) is 6.07 Å². The lowest BCUT2D eigenvalue weighted by Gasteiger charge is -2.07. The fourth-order valence-electron chi connectivity index (χ4n) is 1.52. The number of para-hydroxylation sites is 1. The Hall–Kier alpha value is -1.75. The molecule has 5 heteroatoms. The second-order valence-electron chi connectivity index (χ2n) is 4.43. The number of hydrogen-bond acceptors (Lipinski definition) is 3. The van der Waals surface area contributed by atoms with Crippen molar-refractivity contribution >= 4 is 27.5 Å². The predicted octanol–water partition coefficient (Wildman–Crippen LogP) is 3.61. The molecule has 1 N–H and O–H groups in total. The van der Waals surface area contributed by atoms with Gasteiger partial charge in [-0.3, -0.25) is 4.79 Å². The van der Waals surface area contributed by atoms with Crippen molar-refractivity contribution in [3.05, 3.63) is 52.3 Å². The monoisotopic (exact) mass is 319 g/mol. The maximum absolute atomic E-state index is 12.0. The first-order valence-corrected chi connectivity index (χ1v) is 6.76. The van der Waals surface area contributed by atoms with Crippen LogP contribution in [0.4, 0.5) is 5.69 Å². The largest absolute Gasteiger partial charge is 0.320 e. The minimum atomic E-state index is -0.269. The average Bonchev–Trinajstić information content (AvgIpc) is 2.41. The second kappa shape index (κ2) is 5.93. The molecular formula is C14H14BrN3O. The van der Waals surface area contributed by atoms with Gasteiger partial charge in [0.25, 0.3) is 5.91 Å². The fourth-order valence-corrected chi connectivity index (χ4v) is 1.90. The van der Waals surface area contributed by atoms with Crippen molar-refractivity contribution in [2.24, 2.45) is 0 Å². The summed E-state index contributed by atoms with van der Waals surface area (Å²) in [5.74, 6) is 0.0302. The van der Waals surface area contributed by atoms with E-state index < -0.39 is 0 Å². The van der Waals surface area contributed by atoms with Gasteiger partial charge in [0.1, 0.15) is 0 Å². The van der Waals surface area contributed by atoms with E-state index in [9.17, 15) is 4.79 Å². The molecule has 0 aliphatic carbocycles. The van der Waals surface area contributed by atoms with E-state index in [0.717, 1.165) is 10.2 Å². The van der Waals surface area contributed by atoms with Gasteiger partial charge in [0.15, 0.2) is 5.69 Å². The van der Waals surface area contributed by atoms with Crippen molar-refractivity contribution in [3.8, 4) is 0 Å². The molecule has 1 aromatic carbocycles. The highest BCUT2D eigenvalue weighted by molar-refractivity contribution is 9.10. The summed E-state index contributed by atoms with van der Waals surface area (Å²) in [5.41, 5.74) is 1.89. The third-order valence-electron chi connectivity index (χ3n) is 2.63. The first kappa shape index (κ1) is 13.7. The SMILES string of the molecule is CC(C)c1ccc(C(=O)Nc2ccccc2Br)nn1. The highest BCUT2D eigenvalue weighted by Crippen LogP contribution is 2.21. The van der Waals surface area contributed by atoms with E-state index >= 15 is 0 Å². The van der Waals surface area contributed by atoms with Crippen molar-refractivity contribution in [2.45, 2.75) is 19.8 Å². The van der Waals surface area contributed by atoms with E-state index in [-0.39, 0.29) is 5.91 Å². The van der Waals surface area contributed by atoms with Gasteiger partial charge in [0.2, 0.25) is 0 Å². The first-order chi connectivity index (χ1) is 9.08. The van der Waals surface area contributed by atoms with Gasteiger partial charge in [0.05, 0.1) is 11.4 Å². The van der Waals surface area contributed by atoms with E-state index in [0.29, 0.717) is 17.3 Å². The summed E-state index contributed by atoms with van der Waals surface area (Å²) >= 11 is 3.38. The molecular weight excluding hydrogens is 306 g/mol. The molecule has 2 aromatic rings. The highest BCUT2D eigenvalue weighted by Gasteiger charge is 2.10. The highest BCUT2D eigenvalue weighted by atomic mass is 79.9. The number of anilines is 1. The van der Waals surface area contributed by atoms with Crippen LogP contribution < -0.4 is 5.32 Å². The van der Waals surface area contributed by atoms with Gasteiger partial charge in [-0.2, -0.15) is 5.10 Å². The van der Waals surface area contributed by atoms with Crippen molar-refractivity contribution in [1.82, 2.24) is 10.2 Å². The first-order valence-electron chi connectivity index (χ1n) is 5.97. The maximum atomic E-state index is 12.0. The molecule has 4 nitrogen and oxygen atoms in total. The van der Waals surface area contributed by atoms with Crippen molar-refractivity contribution in [2.75, 3.05) is 5.32 Å². The van der Waals surface area contributed by atoms with Gasteiger partial charge in [-0.15, -0.1) is 5.10 Å². The number of nitrogens with zero attached hydrogens (tertiary/aromatic N) is 2. The summed E-state index contributed by atoms with van der Waals surface area (Å²) in [7, 11) is 0. The summed E-state index contributed by atoms with van der Waals surface area (Å²) < 4.78 is 0.829. The molecule has 0 spiro atoms. The lowest BCUT2D eigenvalue weighted by molar-refractivity contribution is 0.102. The number of nitrogens with one attached hydrogen (secondary N) is 1. The van der Waals surface area contributed by atoms with Crippen LogP contribution in [0, 0.1) is 0 Å². The van der Waals surface area contributed by atoms with Crippen LogP contribution in [-0.4, -0.2) is 16.1 Å². The topological polar surface area (TPSA) is 54.9 Å². The van der Waals surface area contributed by atoms with Crippen LogP contribution in [0.5, 0.6) is 0 Å². The quantitative estimate of drug-likeness (QED) is 0.940. The van der Waals surface area contributed by atoms with Crippen molar-refractivity contribution in [1.29, 1.82) is 0 Å². The number of carbonyl (C=O) groups excluding carboxylic acids is 1. The second-order valence-corrected chi connectivity index (χ2v) is 5.29. The van der Waals surface area contributed by atoms with E-state index in [1.807, 2.05) is 44.2 Å². The Morgan fingerprint density at radius 3 is 2.47 bits per heavy atom. The van der Waals surface area contributed by atoms with Crippen LogP contribution in [0.25, 0.3) is 0 Å². The van der Waals surface area contributed by atoms with Gasteiger partial charge in [-0.25, -0.2) is 0 Å². The summed E-state index contributed by atoms with van der Waals surface area (Å²) in [6, 6.07) is 10.9. The minimum absolute atomic E-state index is 0.269. The van der Waals surface area contributed by atoms with Crippen LogP contribution in [-0.2, 0) is 0 Å². The minimum Gasteiger partial charge on any atom is -0.320 e.